The Morgan fingerprint density at radius 3 is 2.33 bits per heavy atom. The Morgan fingerprint density at radius 2 is 1.56 bits per heavy atom. The zero-order valence-electron chi connectivity index (χ0n) is 21.2. The molecule has 3 aromatic rings. The first-order chi connectivity index (χ1) is 18.7. The highest BCUT2D eigenvalue weighted by molar-refractivity contribution is 6.24. The van der Waals surface area contributed by atoms with Crippen molar-refractivity contribution in [3.63, 3.8) is 0 Å². The van der Waals surface area contributed by atoms with E-state index in [0.29, 0.717) is 11.3 Å². The molecule has 0 bridgehead atoms. The molecule has 4 aliphatic rings. The Morgan fingerprint density at radius 1 is 0.846 bits per heavy atom. The minimum atomic E-state index is -1.26. The van der Waals surface area contributed by atoms with Gasteiger partial charge in [-0.1, -0.05) is 60.2 Å². The summed E-state index contributed by atoms with van der Waals surface area (Å²) in [5, 5.41) is 23.4. The van der Waals surface area contributed by atoms with Crippen LogP contribution >= 0.6 is 0 Å². The standard InChI is InChI=1S/C31H26N2O6/c1-31-22(28(36)32(30(31)38)17-8-3-2-4-9-17)15-21-19(12-13-20-24(21)29(37)33(39)27(20)35)26(31)25-18-10-6-5-7-16(18)11-14-23(25)34/h2-12,14,20-22,24,26,34,39H,13,15H2,1H3. The van der Waals surface area contributed by atoms with Crippen molar-refractivity contribution in [1.29, 1.82) is 0 Å². The van der Waals surface area contributed by atoms with E-state index in [2.05, 4.69) is 0 Å². The Kier molecular flexibility index (Phi) is 4.94. The number of allylic oxidation sites excluding steroid dienone is 2. The van der Waals surface area contributed by atoms with Gasteiger partial charge in [0.15, 0.2) is 0 Å². The van der Waals surface area contributed by atoms with Crippen molar-refractivity contribution in [2.24, 2.45) is 29.1 Å². The molecule has 4 amide bonds. The first kappa shape index (κ1) is 23.8. The molecule has 2 saturated heterocycles. The molecule has 0 radical (unpaired) electrons. The Hall–Kier alpha value is -4.30. The summed E-state index contributed by atoms with van der Waals surface area (Å²) < 4.78 is 0. The number of carbonyl (C=O) groups is 4. The lowest BCUT2D eigenvalue weighted by atomic mass is 9.51. The van der Waals surface area contributed by atoms with Crippen molar-refractivity contribution in [3.8, 4) is 5.75 Å². The first-order valence-electron chi connectivity index (χ1n) is 13.2. The summed E-state index contributed by atoms with van der Waals surface area (Å²) in [5.41, 5.74) is 0.499. The van der Waals surface area contributed by atoms with E-state index in [1.165, 1.54) is 4.90 Å². The van der Waals surface area contributed by atoms with Crippen LogP contribution in [0.1, 0.15) is 31.2 Å². The summed E-state index contributed by atoms with van der Waals surface area (Å²) >= 11 is 0. The van der Waals surface area contributed by atoms with Crippen LogP contribution in [0.15, 0.2) is 78.4 Å². The van der Waals surface area contributed by atoms with Crippen molar-refractivity contribution in [3.05, 3.63) is 83.9 Å². The Labute approximate surface area is 224 Å². The van der Waals surface area contributed by atoms with E-state index in [1.807, 2.05) is 36.4 Å². The molecule has 1 saturated carbocycles. The van der Waals surface area contributed by atoms with Gasteiger partial charge in [0.25, 0.3) is 11.8 Å². The largest absolute Gasteiger partial charge is 0.508 e. The average Bonchev–Trinajstić information content (AvgIpc) is 3.29. The van der Waals surface area contributed by atoms with Gasteiger partial charge in [0.1, 0.15) is 5.75 Å². The fourth-order valence-corrected chi connectivity index (χ4v) is 7.72. The molecule has 3 fully saturated rings. The van der Waals surface area contributed by atoms with E-state index in [9.17, 15) is 29.5 Å². The van der Waals surface area contributed by atoms with Gasteiger partial charge < -0.3 is 5.11 Å². The molecule has 6 unspecified atom stereocenters. The predicted octanol–water partition coefficient (Wildman–Crippen LogP) is 4.17. The van der Waals surface area contributed by atoms with Gasteiger partial charge in [-0.15, -0.1) is 0 Å². The summed E-state index contributed by atoms with van der Waals surface area (Å²) in [6.07, 6.45) is 2.31. The van der Waals surface area contributed by atoms with Crippen LogP contribution in [0.5, 0.6) is 5.75 Å². The molecule has 39 heavy (non-hydrogen) atoms. The van der Waals surface area contributed by atoms with Crippen LogP contribution in [0.25, 0.3) is 10.8 Å². The summed E-state index contributed by atoms with van der Waals surface area (Å²) in [7, 11) is 0. The number of phenolic OH excluding ortho intramolecular Hbond substituents is 1. The molecule has 7 rings (SSSR count). The molecule has 2 N–H and O–H groups in total. The molecule has 2 heterocycles. The van der Waals surface area contributed by atoms with Crippen molar-refractivity contribution < 1.29 is 29.5 Å². The van der Waals surface area contributed by atoms with Crippen molar-refractivity contribution in [2.75, 3.05) is 4.90 Å². The number of para-hydroxylation sites is 1. The highest BCUT2D eigenvalue weighted by Crippen LogP contribution is 2.65. The van der Waals surface area contributed by atoms with E-state index < -0.39 is 46.8 Å². The van der Waals surface area contributed by atoms with Crippen LogP contribution in [0, 0.1) is 29.1 Å². The lowest BCUT2D eigenvalue weighted by molar-refractivity contribution is -0.173. The third kappa shape index (κ3) is 2.97. The highest BCUT2D eigenvalue weighted by Gasteiger charge is 2.68. The number of nitrogens with zero attached hydrogens (tertiary/aromatic N) is 2. The third-order valence-corrected chi connectivity index (χ3v) is 9.50. The molecular weight excluding hydrogens is 496 g/mol. The number of aromatic hydroxyl groups is 1. The highest BCUT2D eigenvalue weighted by atomic mass is 16.5. The molecule has 2 aliphatic heterocycles. The second-order valence-corrected chi connectivity index (χ2v) is 11.2. The molecule has 6 atom stereocenters. The first-order valence-corrected chi connectivity index (χ1v) is 13.2. The van der Waals surface area contributed by atoms with Crippen LogP contribution in [-0.4, -0.2) is 39.0 Å². The van der Waals surface area contributed by atoms with Gasteiger partial charge in [-0.25, -0.2) is 4.90 Å². The Balaban J connectivity index is 1.49. The van der Waals surface area contributed by atoms with Gasteiger partial charge >= 0.3 is 0 Å². The fourth-order valence-electron chi connectivity index (χ4n) is 7.72. The number of hydrogen-bond acceptors (Lipinski definition) is 6. The summed E-state index contributed by atoms with van der Waals surface area (Å²) in [4.78, 5) is 55.6. The number of phenols is 1. The monoisotopic (exact) mass is 522 g/mol. The number of anilines is 1. The number of hydrogen-bond donors (Lipinski definition) is 2. The summed E-state index contributed by atoms with van der Waals surface area (Å²) in [6, 6.07) is 19.7. The maximum Gasteiger partial charge on any atom is 0.257 e. The second-order valence-electron chi connectivity index (χ2n) is 11.2. The predicted molar refractivity (Wildman–Crippen MR) is 140 cm³/mol. The number of carbonyl (C=O) groups excluding carboxylic acids is 4. The van der Waals surface area contributed by atoms with Gasteiger partial charge in [0, 0.05) is 11.5 Å². The maximum atomic E-state index is 14.4. The molecule has 0 spiro atoms. The van der Waals surface area contributed by atoms with Crippen LogP contribution in [0.2, 0.25) is 0 Å². The third-order valence-electron chi connectivity index (χ3n) is 9.50. The molecule has 196 valence electrons. The minimum absolute atomic E-state index is 0.00151. The van der Waals surface area contributed by atoms with Crippen LogP contribution in [0.3, 0.4) is 0 Å². The number of benzene rings is 3. The molecule has 3 aromatic carbocycles. The lowest BCUT2D eigenvalue weighted by Crippen LogP contribution is -2.48. The van der Waals surface area contributed by atoms with Gasteiger partial charge in [0.2, 0.25) is 11.8 Å². The summed E-state index contributed by atoms with van der Waals surface area (Å²) in [5.74, 6) is -5.68. The van der Waals surface area contributed by atoms with Crippen molar-refractivity contribution >= 4 is 40.1 Å². The van der Waals surface area contributed by atoms with Gasteiger partial charge in [0.05, 0.1) is 28.9 Å². The van der Waals surface area contributed by atoms with E-state index in [0.717, 1.165) is 16.3 Å². The van der Waals surface area contributed by atoms with E-state index in [4.69, 9.17) is 0 Å². The van der Waals surface area contributed by atoms with Crippen LogP contribution in [0.4, 0.5) is 5.69 Å². The number of imide groups is 2. The fraction of sp³-hybridized carbons (Fsp3) is 0.290. The van der Waals surface area contributed by atoms with Gasteiger partial charge in [-0.3, -0.25) is 24.4 Å². The SMILES string of the molecule is CC12C(=O)N(c3ccccc3)C(=O)C1CC1C(=CCC3C(=O)N(O)C(=O)C31)C2c1c(O)ccc2ccccc12. The zero-order valence-corrected chi connectivity index (χ0v) is 21.2. The lowest BCUT2D eigenvalue weighted by Gasteiger charge is -2.49. The Bertz CT molecular complexity index is 1630. The number of fused-ring (bicyclic) bond motifs is 5. The van der Waals surface area contributed by atoms with Crippen LogP contribution in [-0.2, 0) is 19.2 Å². The van der Waals surface area contributed by atoms with Crippen molar-refractivity contribution in [1.82, 2.24) is 5.06 Å². The second kappa shape index (κ2) is 8.10. The number of rotatable bonds is 2. The topological polar surface area (TPSA) is 115 Å². The summed E-state index contributed by atoms with van der Waals surface area (Å²) in [6.45, 7) is 1.79. The number of amides is 4. The smallest absolute Gasteiger partial charge is 0.257 e. The maximum absolute atomic E-state index is 14.4. The average molecular weight is 523 g/mol. The van der Waals surface area contributed by atoms with Gasteiger partial charge in [-0.2, -0.15) is 5.06 Å². The molecule has 2 aliphatic carbocycles. The zero-order chi connectivity index (χ0) is 27.2. The molecule has 8 nitrogen and oxygen atoms in total. The van der Waals surface area contributed by atoms with E-state index in [1.54, 1.807) is 43.3 Å². The van der Waals surface area contributed by atoms with E-state index in [-0.39, 0.29) is 35.5 Å². The van der Waals surface area contributed by atoms with E-state index >= 15 is 0 Å². The van der Waals surface area contributed by atoms with Crippen molar-refractivity contribution in [2.45, 2.75) is 25.7 Å². The molecular formula is C31H26N2O6. The minimum Gasteiger partial charge on any atom is -0.508 e. The number of hydroxylamine groups is 2. The van der Waals surface area contributed by atoms with Gasteiger partial charge in [-0.05, 0) is 54.7 Å². The quantitative estimate of drug-likeness (QED) is 0.297. The molecule has 8 heteroatoms. The van der Waals surface area contributed by atoms with Crippen LogP contribution < -0.4 is 4.90 Å². The normalized spacial score (nSPS) is 31.8. The molecule has 0 aromatic heterocycles.